The van der Waals surface area contributed by atoms with E-state index >= 15 is 0 Å². The number of nitrogens with one attached hydrogen (secondary N) is 2. The first-order chi connectivity index (χ1) is 9.63. The molecule has 0 fully saturated rings. The van der Waals surface area contributed by atoms with Gasteiger partial charge in [-0.25, -0.2) is 4.79 Å². The summed E-state index contributed by atoms with van der Waals surface area (Å²) in [5.41, 5.74) is 9.44. The van der Waals surface area contributed by atoms with Crippen LogP contribution in [-0.2, 0) is 6.54 Å². The van der Waals surface area contributed by atoms with Crippen LogP contribution >= 0.6 is 15.9 Å². The van der Waals surface area contributed by atoms with Gasteiger partial charge in [0.15, 0.2) is 5.58 Å². The van der Waals surface area contributed by atoms with E-state index in [9.17, 15) is 4.79 Å². The number of fused-ring (bicyclic) bond motifs is 1. The number of rotatable bonds is 3. The summed E-state index contributed by atoms with van der Waals surface area (Å²) in [6.45, 7) is 0.624. The topological polar surface area (TPSA) is 84.0 Å². The Labute approximate surface area is 122 Å². The second-order valence-corrected chi connectivity index (χ2v) is 5.25. The Morgan fingerprint density at radius 1 is 1.30 bits per heavy atom. The van der Waals surface area contributed by atoms with Gasteiger partial charge in [-0.1, -0.05) is 34.1 Å². The van der Waals surface area contributed by atoms with Gasteiger partial charge in [-0.3, -0.25) is 4.98 Å². The van der Waals surface area contributed by atoms with Crippen LogP contribution in [0.4, 0.5) is 11.4 Å². The Bertz CT molecular complexity index is 823. The fraction of sp³-hybridized carbons (Fsp3) is 0.0714. The molecule has 5 nitrogen and oxygen atoms in total. The fourth-order valence-corrected chi connectivity index (χ4v) is 2.42. The molecular formula is C14H12BrN3O2. The van der Waals surface area contributed by atoms with Crippen molar-refractivity contribution in [2.45, 2.75) is 6.54 Å². The average Bonchev–Trinajstić information content (AvgIpc) is 2.76. The van der Waals surface area contributed by atoms with Crippen molar-refractivity contribution in [1.29, 1.82) is 0 Å². The highest BCUT2D eigenvalue weighted by atomic mass is 79.9. The molecule has 102 valence electrons. The second kappa shape index (κ2) is 5.05. The van der Waals surface area contributed by atoms with Crippen LogP contribution in [0, 0.1) is 0 Å². The minimum absolute atomic E-state index is 0.457. The molecule has 6 heteroatoms. The first-order valence-corrected chi connectivity index (χ1v) is 6.82. The zero-order chi connectivity index (χ0) is 14.1. The summed E-state index contributed by atoms with van der Waals surface area (Å²) in [4.78, 5) is 13.8. The van der Waals surface area contributed by atoms with Crippen molar-refractivity contribution in [3.8, 4) is 0 Å². The molecule has 0 spiro atoms. The van der Waals surface area contributed by atoms with Crippen LogP contribution in [0.3, 0.4) is 0 Å². The fourth-order valence-electron chi connectivity index (χ4n) is 2.00. The molecule has 0 aliphatic carbocycles. The van der Waals surface area contributed by atoms with Crippen LogP contribution in [0.1, 0.15) is 5.56 Å². The summed E-state index contributed by atoms with van der Waals surface area (Å²) in [6.07, 6.45) is 0. The third-order valence-electron chi connectivity index (χ3n) is 3.02. The van der Waals surface area contributed by atoms with E-state index in [2.05, 4.69) is 26.2 Å². The van der Waals surface area contributed by atoms with E-state index in [0.29, 0.717) is 23.3 Å². The maximum absolute atomic E-state index is 11.1. The summed E-state index contributed by atoms with van der Waals surface area (Å²) in [6, 6.07) is 11.3. The smallest absolute Gasteiger partial charge is 0.408 e. The van der Waals surface area contributed by atoms with E-state index in [-0.39, 0.29) is 0 Å². The van der Waals surface area contributed by atoms with Crippen LogP contribution in [-0.4, -0.2) is 4.98 Å². The number of nitrogens with two attached hydrogens (primary N) is 1. The molecule has 0 unspecified atom stereocenters. The van der Waals surface area contributed by atoms with Gasteiger partial charge in [-0.2, -0.15) is 0 Å². The monoisotopic (exact) mass is 333 g/mol. The van der Waals surface area contributed by atoms with Crippen molar-refractivity contribution in [3.05, 3.63) is 57.0 Å². The molecule has 20 heavy (non-hydrogen) atoms. The number of aromatic amines is 1. The van der Waals surface area contributed by atoms with Crippen LogP contribution in [0.5, 0.6) is 0 Å². The molecule has 0 aliphatic heterocycles. The largest absolute Gasteiger partial charge is 0.417 e. The maximum atomic E-state index is 11.1. The number of halogens is 1. The first-order valence-electron chi connectivity index (χ1n) is 6.03. The number of hydrogen-bond acceptors (Lipinski definition) is 4. The molecule has 3 rings (SSSR count). The van der Waals surface area contributed by atoms with Crippen molar-refractivity contribution in [2.75, 3.05) is 11.1 Å². The Kier molecular flexibility index (Phi) is 3.23. The molecule has 0 amide bonds. The van der Waals surface area contributed by atoms with Gasteiger partial charge in [0.1, 0.15) is 0 Å². The lowest BCUT2D eigenvalue weighted by Crippen LogP contribution is -2.03. The van der Waals surface area contributed by atoms with Crippen molar-refractivity contribution >= 4 is 38.4 Å². The molecule has 0 saturated heterocycles. The lowest BCUT2D eigenvalue weighted by Gasteiger charge is -2.10. The second-order valence-electron chi connectivity index (χ2n) is 4.40. The minimum Gasteiger partial charge on any atom is -0.408 e. The summed E-state index contributed by atoms with van der Waals surface area (Å²) in [7, 11) is 0. The van der Waals surface area contributed by atoms with E-state index in [1.54, 1.807) is 12.1 Å². The number of anilines is 2. The molecule has 1 aromatic heterocycles. The summed E-state index contributed by atoms with van der Waals surface area (Å²) in [5, 5.41) is 3.25. The zero-order valence-electron chi connectivity index (χ0n) is 10.4. The molecule has 0 radical (unpaired) electrons. The zero-order valence-corrected chi connectivity index (χ0v) is 12.0. The molecule has 4 N–H and O–H groups in total. The van der Waals surface area contributed by atoms with Crippen molar-refractivity contribution < 1.29 is 4.42 Å². The predicted octanol–water partition coefficient (Wildman–Crippen LogP) is 3.08. The maximum Gasteiger partial charge on any atom is 0.417 e. The van der Waals surface area contributed by atoms with Gasteiger partial charge in [0, 0.05) is 17.1 Å². The molecule has 3 aromatic rings. The van der Waals surface area contributed by atoms with Crippen molar-refractivity contribution in [3.63, 3.8) is 0 Å². The standard InChI is InChI=1S/C14H12BrN3O2/c15-9-4-2-1-3-8(9)7-17-11-6-12-13(5-10(11)16)20-14(19)18-12/h1-6,17H,7,16H2,(H,18,19). The van der Waals surface area contributed by atoms with Gasteiger partial charge in [0.05, 0.1) is 16.9 Å². The van der Waals surface area contributed by atoms with E-state index in [0.717, 1.165) is 15.7 Å². The molecule has 0 saturated carbocycles. The van der Waals surface area contributed by atoms with Gasteiger partial charge >= 0.3 is 5.76 Å². The minimum atomic E-state index is -0.484. The normalized spacial score (nSPS) is 10.8. The summed E-state index contributed by atoms with van der Waals surface area (Å²) < 4.78 is 5.99. The van der Waals surface area contributed by atoms with Gasteiger partial charge in [0.25, 0.3) is 0 Å². The molecular weight excluding hydrogens is 322 g/mol. The average molecular weight is 334 g/mol. The lowest BCUT2D eigenvalue weighted by atomic mass is 10.2. The van der Waals surface area contributed by atoms with E-state index < -0.39 is 5.76 Å². The number of hydrogen-bond donors (Lipinski definition) is 3. The highest BCUT2D eigenvalue weighted by molar-refractivity contribution is 9.10. The number of benzene rings is 2. The quantitative estimate of drug-likeness (QED) is 0.643. The Morgan fingerprint density at radius 2 is 2.10 bits per heavy atom. The number of aromatic nitrogens is 1. The van der Waals surface area contributed by atoms with Gasteiger partial charge in [-0.05, 0) is 17.7 Å². The van der Waals surface area contributed by atoms with E-state index in [1.165, 1.54) is 0 Å². The third kappa shape index (κ3) is 2.42. The van der Waals surface area contributed by atoms with Gasteiger partial charge in [0.2, 0.25) is 0 Å². The van der Waals surface area contributed by atoms with Crippen molar-refractivity contribution in [1.82, 2.24) is 4.98 Å². The summed E-state index contributed by atoms with van der Waals surface area (Å²) >= 11 is 3.50. The van der Waals surface area contributed by atoms with Gasteiger partial charge < -0.3 is 15.5 Å². The first kappa shape index (κ1) is 12.8. The van der Waals surface area contributed by atoms with Crippen LogP contribution < -0.4 is 16.8 Å². The van der Waals surface area contributed by atoms with E-state index in [1.807, 2.05) is 24.3 Å². The molecule has 2 aromatic carbocycles. The van der Waals surface area contributed by atoms with Crippen molar-refractivity contribution in [2.24, 2.45) is 0 Å². The Hall–Kier alpha value is -2.21. The molecule has 1 heterocycles. The number of nitrogen functional groups attached to an aromatic ring is 1. The van der Waals surface area contributed by atoms with Gasteiger partial charge in [-0.15, -0.1) is 0 Å². The third-order valence-corrected chi connectivity index (χ3v) is 3.79. The number of H-pyrrole nitrogens is 1. The summed E-state index contributed by atoms with van der Waals surface area (Å²) in [5.74, 6) is -0.484. The van der Waals surface area contributed by atoms with Crippen LogP contribution in [0.25, 0.3) is 11.1 Å². The highest BCUT2D eigenvalue weighted by Gasteiger charge is 2.07. The number of oxazole rings is 1. The van der Waals surface area contributed by atoms with Crippen LogP contribution in [0.15, 0.2) is 50.1 Å². The highest BCUT2D eigenvalue weighted by Crippen LogP contribution is 2.25. The Morgan fingerprint density at radius 3 is 2.90 bits per heavy atom. The van der Waals surface area contributed by atoms with E-state index in [4.69, 9.17) is 10.2 Å². The van der Waals surface area contributed by atoms with Crippen LogP contribution in [0.2, 0.25) is 0 Å². The molecule has 0 bridgehead atoms. The predicted molar refractivity (Wildman–Crippen MR) is 82.7 cm³/mol. The Balaban J connectivity index is 1.89. The SMILES string of the molecule is Nc1cc2oc(=O)[nH]c2cc1NCc1ccccc1Br. The molecule has 0 aliphatic rings. The molecule has 0 atom stereocenters. The lowest BCUT2D eigenvalue weighted by molar-refractivity contribution is 0.555.